The van der Waals surface area contributed by atoms with Gasteiger partial charge in [-0.3, -0.25) is 4.79 Å². The van der Waals surface area contributed by atoms with E-state index in [2.05, 4.69) is 65.0 Å². The maximum atomic E-state index is 14.0. The Morgan fingerprint density at radius 1 is 0.956 bits per heavy atom. The van der Waals surface area contributed by atoms with Gasteiger partial charge in [-0.15, -0.1) is 0 Å². The molecule has 0 bridgehead atoms. The Bertz CT molecular complexity index is 1530. The van der Waals surface area contributed by atoms with E-state index in [4.69, 9.17) is 16.1 Å². The lowest BCUT2D eigenvalue weighted by Crippen LogP contribution is -2.63. The van der Waals surface area contributed by atoms with E-state index in [1.54, 1.807) is 5.57 Å². The molecule has 1 N–H and O–H groups in total. The van der Waals surface area contributed by atoms with Gasteiger partial charge in [0.05, 0.1) is 11.6 Å². The third-order valence-corrected chi connectivity index (χ3v) is 15.6. The summed E-state index contributed by atoms with van der Waals surface area (Å²) in [5, 5.41) is 8.12. The van der Waals surface area contributed by atoms with E-state index in [-0.39, 0.29) is 16.7 Å². The van der Waals surface area contributed by atoms with Gasteiger partial charge in [0.25, 0.3) is 0 Å². The molecule has 45 heavy (non-hydrogen) atoms. The normalized spacial score (nSPS) is 42.0. The van der Waals surface area contributed by atoms with Crippen molar-refractivity contribution in [3.8, 4) is 11.3 Å². The Morgan fingerprint density at radius 2 is 1.71 bits per heavy atom. The van der Waals surface area contributed by atoms with E-state index < -0.39 is 5.41 Å². The van der Waals surface area contributed by atoms with Crippen LogP contribution in [0.1, 0.15) is 125 Å². The topological polar surface area (TPSA) is 55.1 Å². The summed E-state index contributed by atoms with van der Waals surface area (Å²) in [5.74, 6) is 2.83. The average molecular weight is 631 g/mol. The minimum Gasteiger partial charge on any atom is -0.359 e. The second-order valence-corrected chi connectivity index (χ2v) is 18.4. The van der Waals surface area contributed by atoms with E-state index in [9.17, 15) is 4.79 Å². The molecule has 1 heterocycles. The minimum absolute atomic E-state index is 0.144. The van der Waals surface area contributed by atoms with Crippen LogP contribution in [0.3, 0.4) is 0 Å². The number of amides is 1. The molecule has 4 saturated carbocycles. The second-order valence-electron chi connectivity index (χ2n) is 17.9. The van der Waals surface area contributed by atoms with Crippen LogP contribution in [0.5, 0.6) is 0 Å². The molecule has 0 radical (unpaired) electrons. The number of rotatable bonds is 4. The van der Waals surface area contributed by atoms with Crippen molar-refractivity contribution in [2.24, 2.45) is 50.2 Å². The molecule has 4 nitrogen and oxygen atoms in total. The quantitative estimate of drug-likeness (QED) is 0.342. The van der Waals surface area contributed by atoms with Crippen molar-refractivity contribution in [2.45, 2.75) is 126 Å². The smallest absolute Gasteiger partial charge is 0.226 e. The third-order valence-electron chi connectivity index (χ3n) is 15.3. The number of carbonyl (C=O) groups excluding carboxylic acids is 1. The average Bonchev–Trinajstić information content (AvgIpc) is 3.46. The number of aromatic nitrogens is 1. The highest BCUT2D eigenvalue weighted by molar-refractivity contribution is 6.33. The van der Waals surface area contributed by atoms with Crippen LogP contribution in [0.25, 0.3) is 11.3 Å². The molecule has 1 aromatic heterocycles. The van der Waals surface area contributed by atoms with E-state index >= 15 is 0 Å². The molecule has 0 aliphatic heterocycles. The van der Waals surface area contributed by atoms with Crippen molar-refractivity contribution in [3.05, 3.63) is 52.8 Å². The summed E-state index contributed by atoms with van der Waals surface area (Å²) in [7, 11) is 0. The molecule has 4 fully saturated rings. The Morgan fingerprint density at radius 3 is 2.49 bits per heavy atom. The minimum atomic E-state index is -0.399. The molecule has 5 heteroatoms. The number of fused-ring (bicyclic) bond motifs is 7. The number of nitrogens with zero attached hydrogens (tertiary/aromatic N) is 1. The van der Waals surface area contributed by atoms with Gasteiger partial charge >= 0.3 is 0 Å². The molecule has 8 atom stereocenters. The monoisotopic (exact) mass is 630 g/mol. The van der Waals surface area contributed by atoms with Crippen LogP contribution in [0.15, 0.2) is 46.5 Å². The number of hydrogen-bond acceptors (Lipinski definition) is 3. The summed E-state index contributed by atoms with van der Waals surface area (Å²) in [6, 6.07) is 9.52. The van der Waals surface area contributed by atoms with Crippen molar-refractivity contribution in [1.82, 2.24) is 10.5 Å². The largest absolute Gasteiger partial charge is 0.359 e. The highest BCUT2D eigenvalue weighted by Gasteiger charge is 2.67. The van der Waals surface area contributed by atoms with Gasteiger partial charge < -0.3 is 9.84 Å². The number of carbonyl (C=O) groups is 1. The predicted octanol–water partition coefficient (Wildman–Crippen LogP) is 10.8. The number of hydrogen-bond donors (Lipinski definition) is 1. The number of allylic oxidation sites excluding steroid dienone is 2. The fourth-order valence-electron chi connectivity index (χ4n) is 12.2. The molecule has 1 aromatic carbocycles. The summed E-state index contributed by atoms with van der Waals surface area (Å²) in [6.45, 7) is 18.2. The molecular formula is C40H55ClN2O2. The van der Waals surface area contributed by atoms with Crippen LogP contribution in [0.4, 0.5) is 0 Å². The molecular weight excluding hydrogens is 576 g/mol. The summed E-state index contributed by atoms with van der Waals surface area (Å²) >= 11 is 6.38. The highest BCUT2D eigenvalue weighted by Crippen LogP contribution is 2.75. The molecule has 2 unspecified atom stereocenters. The maximum absolute atomic E-state index is 14.0. The van der Waals surface area contributed by atoms with Crippen LogP contribution < -0.4 is 5.32 Å². The van der Waals surface area contributed by atoms with Gasteiger partial charge in [-0.05, 0) is 115 Å². The Kier molecular flexibility index (Phi) is 7.33. The number of benzene rings is 1. The van der Waals surface area contributed by atoms with E-state index in [1.165, 1.54) is 51.4 Å². The van der Waals surface area contributed by atoms with Crippen molar-refractivity contribution >= 4 is 17.5 Å². The van der Waals surface area contributed by atoms with E-state index in [1.807, 2.05) is 30.3 Å². The van der Waals surface area contributed by atoms with Crippen molar-refractivity contribution < 1.29 is 9.32 Å². The van der Waals surface area contributed by atoms with Crippen LogP contribution in [0.2, 0.25) is 5.02 Å². The van der Waals surface area contributed by atoms with Crippen LogP contribution in [0, 0.1) is 50.2 Å². The first-order chi connectivity index (χ1) is 21.2. The first kappa shape index (κ1) is 31.5. The molecule has 0 spiro atoms. The van der Waals surface area contributed by atoms with Crippen molar-refractivity contribution in [1.29, 1.82) is 0 Å². The second kappa shape index (κ2) is 10.5. The van der Waals surface area contributed by atoms with Crippen LogP contribution in [-0.4, -0.2) is 11.1 Å². The van der Waals surface area contributed by atoms with Gasteiger partial charge in [0.2, 0.25) is 5.91 Å². The zero-order valence-corrected chi connectivity index (χ0v) is 29.6. The van der Waals surface area contributed by atoms with Gasteiger partial charge in [-0.1, -0.05) is 101 Å². The Labute approximate surface area is 276 Å². The molecule has 244 valence electrons. The fraction of sp³-hybridized carbons (Fsp3) is 0.700. The van der Waals surface area contributed by atoms with Gasteiger partial charge in [0, 0.05) is 17.0 Å². The first-order valence-electron chi connectivity index (χ1n) is 17.8. The molecule has 1 amide bonds. The summed E-state index contributed by atoms with van der Waals surface area (Å²) in [4.78, 5) is 14.0. The number of halogens is 1. The molecule has 5 aliphatic carbocycles. The zero-order valence-electron chi connectivity index (χ0n) is 28.8. The lowest BCUT2D eigenvalue weighted by atomic mass is 9.34. The van der Waals surface area contributed by atoms with Gasteiger partial charge in [0.1, 0.15) is 5.69 Å². The molecule has 2 aromatic rings. The molecule has 7 rings (SSSR count). The maximum Gasteiger partial charge on any atom is 0.226 e. The Balaban J connectivity index is 1.12. The summed E-state index contributed by atoms with van der Waals surface area (Å²) < 4.78 is 5.62. The molecule has 0 saturated heterocycles. The van der Waals surface area contributed by atoms with E-state index in [0.717, 1.165) is 36.7 Å². The SMILES string of the molecule is CC1(C)CCC[C@@]2(C)C1CC[C@]1(C)C2CC=C2[C@@H]3C[C@@](C)(C(=O)NCc4cc(-c5ccccc5Cl)no4)CC[C@]3(C)CC[C@@]21C. The third kappa shape index (κ3) is 4.65. The lowest BCUT2D eigenvalue weighted by Gasteiger charge is -2.71. The fourth-order valence-corrected chi connectivity index (χ4v) is 12.5. The number of nitrogens with one attached hydrogen (secondary N) is 1. The zero-order chi connectivity index (χ0) is 32.0. The first-order valence-corrected chi connectivity index (χ1v) is 18.2. The Hall–Kier alpha value is -2.07. The summed E-state index contributed by atoms with van der Waals surface area (Å²) in [5.41, 5.74) is 4.52. The van der Waals surface area contributed by atoms with Crippen LogP contribution in [-0.2, 0) is 11.3 Å². The van der Waals surface area contributed by atoms with Crippen molar-refractivity contribution in [3.63, 3.8) is 0 Å². The predicted molar refractivity (Wildman–Crippen MR) is 182 cm³/mol. The highest BCUT2D eigenvalue weighted by atomic mass is 35.5. The lowest BCUT2D eigenvalue weighted by molar-refractivity contribution is -0.180. The van der Waals surface area contributed by atoms with Crippen LogP contribution >= 0.6 is 11.6 Å². The van der Waals surface area contributed by atoms with Gasteiger partial charge in [-0.2, -0.15) is 0 Å². The van der Waals surface area contributed by atoms with Gasteiger partial charge in [0.15, 0.2) is 5.76 Å². The van der Waals surface area contributed by atoms with Gasteiger partial charge in [-0.25, -0.2) is 0 Å². The molecule has 5 aliphatic rings. The standard InChI is InChI=1S/C40H55ClN2O2/c1-35(2)16-10-17-38(5)32(35)15-18-40(7)33(38)14-13-28-29-24-37(4,20-19-36(29,3)21-22-39(28,40)6)34(44)42-25-26-23-31(43-45-26)27-11-8-9-12-30(27)41/h8-9,11-13,23,29,32-33H,10,14-22,24-25H2,1-7H3,(H,42,44)/t29-,32?,33?,36+,37-,38-,39-,40+/m0/s1. The van der Waals surface area contributed by atoms with Crippen molar-refractivity contribution in [2.75, 3.05) is 0 Å². The van der Waals surface area contributed by atoms with E-state index in [0.29, 0.717) is 45.2 Å². The summed E-state index contributed by atoms with van der Waals surface area (Å²) in [6.07, 6.45) is 16.4.